The molecule has 21 heavy (non-hydrogen) atoms. The Hall–Kier alpha value is -1.75. The van der Waals surface area contributed by atoms with E-state index in [0.29, 0.717) is 43.1 Å². The van der Waals surface area contributed by atoms with Crippen molar-refractivity contribution >= 4 is 29.3 Å². The molecular weight excluding hydrogens is 292 g/mol. The van der Waals surface area contributed by atoms with Crippen LogP contribution in [0.1, 0.15) is 26.2 Å². The second-order valence-electron chi connectivity index (χ2n) is 5.37. The Bertz CT molecular complexity index is 539. The van der Waals surface area contributed by atoms with Crippen LogP contribution in [0.3, 0.4) is 0 Å². The maximum absolute atomic E-state index is 12.2. The van der Waals surface area contributed by atoms with Crippen LogP contribution < -0.4 is 5.32 Å². The molecule has 5 nitrogen and oxygen atoms in total. The van der Waals surface area contributed by atoms with E-state index >= 15 is 0 Å². The summed E-state index contributed by atoms with van der Waals surface area (Å²) in [6.45, 7) is 2.79. The topological polar surface area (TPSA) is 69.6 Å². The number of aliphatic carboxylic acids is 1. The zero-order valence-corrected chi connectivity index (χ0v) is 12.7. The molecule has 1 saturated heterocycles. The van der Waals surface area contributed by atoms with Crippen LogP contribution in [-0.4, -0.2) is 35.1 Å². The average molecular weight is 311 g/mol. The van der Waals surface area contributed by atoms with Crippen LogP contribution in [0.5, 0.6) is 0 Å². The van der Waals surface area contributed by atoms with Gasteiger partial charge in [0.05, 0.1) is 5.41 Å². The van der Waals surface area contributed by atoms with E-state index in [1.807, 2.05) is 6.92 Å². The number of hydrogen-bond donors (Lipinski definition) is 2. The number of carbonyl (C=O) groups is 2. The molecule has 6 heteroatoms. The molecule has 0 unspecified atom stereocenters. The summed E-state index contributed by atoms with van der Waals surface area (Å²) in [5.41, 5.74) is -0.0506. The van der Waals surface area contributed by atoms with Crippen molar-refractivity contribution in [1.82, 2.24) is 4.90 Å². The third kappa shape index (κ3) is 3.47. The summed E-state index contributed by atoms with van der Waals surface area (Å²) in [7, 11) is 0. The van der Waals surface area contributed by atoms with Gasteiger partial charge in [0.25, 0.3) is 0 Å². The maximum Gasteiger partial charge on any atom is 0.321 e. The summed E-state index contributed by atoms with van der Waals surface area (Å²) in [5.74, 6) is -0.764. The molecule has 0 saturated carbocycles. The first kappa shape index (κ1) is 15.6. The lowest BCUT2D eigenvalue weighted by Crippen LogP contribution is -2.47. The highest BCUT2D eigenvalue weighted by Crippen LogP contribution is 2.35. The molecule has 1 fully saturated rings. The summed E-state index contributed by atoms with van der Waals surface area (Å²) in [5, 5.41) is 12.7. The summed E-state index contributed by atoms with van der Waals surface area (Å²) in [6.07, 6.45) is 1.57. The number of amides is 2. The van der Waals surface area contributed by atoms with Gasteiger partial charge in [-0.05, 0) is 37.5 Å². The highest BCUT2D eigenvalue weighted by molar-refractivity contribution is 6.30. The Morgan fingerprint density at radius 1 is 1.38 bits per heavy atom. The lowest BCUT2D eigenvalue weighted by molar-refractivity contribution is -0.151. The van der Waals surface area contributed by atoms with Crippen molar-refractivity contribution in [3.63, 3.8) is 0 Å². The molecule has 114 valence electrons. The molecule has 0 atom stereocenters. The SMILES string of the molecule is CCC1(C(=O)O)CCN(C(=O)Nc2cccc(Cl)c2)CC1. The Kier molecular flexibility index (Phi) is 4.73. The number of carboxylic acid groups (broad SMARTS) is 1. The van der Waals surface area contributed by atoms with Crippen molar-refractivity contribution in [3.8, 4) is 0 Å². The van der Waals surface area contributed by atoms with Crippen LogP contribution in [0.15, 0.2) is 24.3 Å². The lowest BCUT2D eigenvalue weighted by Gasteiger charge is -2.38. The van der Waals surface area contributed by atoms with Crippen molar-refractivity contribution in [2.75, 3.05) is 18.4 Å². The second kappa shape index (κ2) is 6.35. The van der Waals surface area contributed by atoms with E-state index in [9.17, 15) is 14.7 Å². The molecule has 1 aromatic rings. The predicted octanol–water partition coefficient (Wildman–Crippen LogP) is 3.45. The van der Waals surface area contributed by atoms with Crippen molar-refractivity contribution < 1.29 is 14.7 Å². The van der Waals surface area contributed by atoms with E-state index in [0.717, 1.165) is 0 Å². The highest BCUT2D eigenvalue weighted by Gasteiger charge is 2.40. The van der Waals surface area contributed by atoms with Crippen molar-refractivity contribution in [3.05, 3.63) is 29.3 Å². The van der Waals surface area contributed by atoms with E-state index in [1.165, 1.54) is 0 Å². The van der Waals surface area contributed by atoms with Crippen LogP contribution in [0, 0.1) is 5.41 Å². The number of likely N-dealkylation sites (tertiary alicyclic amines) is 1. The fraction of sp³-hybridized carbons (Fsp3) is 0.467. The van der Waals surface area contributed by atoms with Gasteiger partial charge >= 0.3 is 12.0 Å². The summed E-state index contributed by atoms with van der Waals surface area (Å²) >= 11 is 5.87. The van der Waals surface area contributed by atoms with E-state index in [4.69, 9.17) is 11.6 Å². The Morgan fingerprint density at radius 2 is 2.05 bits per heavy atom. The summed E-state index contributed by atoms with van der Waals surface area (Å²) in [4.78, 5) is 25.2. The Balaban J connectivity index is 1.96. The number of hydrogen-bond acceptors (Lipinski definition) is 2. The number of carbonyl (C=O) groups excluding carboxylic acids is 1. The molecule has 0 aliphatic carbocycles. The number of nitrogens with one attached hydrogen (secondary N) is 1. The van der Waals surface area contributed by atoms with Crippen LogP contribution in [-0.2, 0) is 4.79 Å². The van der Waals surface area contributed by atoms with Gasteiger partial charge in [0.1, 0.15) is 0 Å². The molecule has 1 heterocycles. The van der Waals surface area contributed by atoms with Gasteiger partial charge in [0.2, 0.25) is 0 Å². The third-order valence-corrected chi connectivity index (χ3v) is 4.45. The molecule has 2 rings (SSSR count). The first-order valence-corrected chi connectivity index (χ1v) is 7.39. The molecule has 1 aliphatic rings. The van der Waals surface area contributed by atoms with Gasteiger partial charge in [-0.15, -0.1) is 0 Å². The third-order valence-electron chi connectivity index (χ3n) is 4.21. The first-order valence-electron chi connectivity index (χ1n) is 7.02. The van der Waals surface area contributed by atoms with Gasteiger partial charge < -0.3 is 15.3 Å². The van der Waals surface area contributed by atoms with E-state index in [-0.39, 0.29) is 6.03 Å². The minimum absolute atomic E-state index is 0.215. The van der Waals surface area contributed by atoms with Gasteiger partial charge in [-0.2, -0.15) is 0 Å². The quantitative estimate of drug-likeness (QED) is 0.898. The number of carboxylic acids is 1. The van der Waals surface area contributed by atoms with Gasteiger partial charge in [-0.3, -0.25) is 4.79 Å². The van der Waals surface area contributed by atoms with Gasteiger partial charge in [0, 0.05) is 23.8 Å². The number of anilines is 1. The number of piperidine rings is 1. The standard InChI is InChI=1S/C15H19ClN2O3/c1-2-15(13(19)20)6-8-18(9-7-15)14(21)17-12-5-3-4-11(16)10-12/h3-5,10H,2,6-9H2,1H3,(H,17,21)(H,19,20). The molecule has 2 N–H and O–H groups in total. The predicted molar refractivity (Wildman–Crippen MR) is 81.6 cm³/mol. The fourth-order valence-electron chi connectivity index (χ4n) is 2.63. The minimum Gasteiger partial charge on any atom is -0.481 e. The van der Waals surface area contributed by atoms with Crippen LogP contribution >= 0.6 is 11.6 Å². The average Bonchev–Trinajstić information content (AvgIpc) is 2.47. The monoisotopic (exact) mass is 310 g/mol. The fourth-order valence-corrected chi connectivity index (χ4v) is 2.82. The number of halogens is 1. The molecule has 2 amide bonds. The Labute approximate surface area is 128 Å². The lowest BCUT2D eigenvalue weighted by atomic mass is 9.76. The largest absolute Gasteiger partial charge is 0.481 e. The molecule has 1 aliphatic heterocycles. The minimum atomic E-state index is -0.764. The van der Waals surface area contributed by atoms with Crippen molar-refractivity contribution in [1.29, 1.82) is 0 Å². The Morgan fingerprint density at radius 3 is 2.57 bits per heavy atom. The van der Waals surface area contributed by atoms with Crippen molar-refractivity contribution in [2.45, 2.75) is 26.2 Å². The van der Waals surface area contributed by atoms with E-state index < -0.39 is 11.4 Å². The molecule has 0 bridgehead atoms. The zero-order chi connectivity index (χ0) is 15.5. The molecular formula is C15H19ClN2O3. The first-order chi connectivity index (χ1) is 9.97. The van der Waals surface area contributed by atoms with Gasteiger partial charge in [-0.1, -0.05) is 24.6 Å². The van der Waals surface area contributed by atoms with Gasteiger partial charge in [-0.25, -0.2) is 4.79 Å². The van der Waals surface area contributed by atoms with Gasteiger partial charge in [0.15, 0.2) is 0 Å². The van der Waals surface area contributed by atoms with Crippen LogP contribution in [0.25, 0.3) is 0 Å². The smallest absolute Gasteiger partial charge is 0.321 e. The number of benzene rings is 1. The van der Waals surface area contributed by atoms with Crippen molar-refractivity contribution in [2.24, 2.45) is 5.41 Å². The zero-order valence-electron chi connectivity index (χ0n) is 11.9. The normalized spacial score (nSPS) is 17.3. The van der Waals surface area contributed by atoms with E-state index in [1.54, 1.807) is 29.2 Å². The number of urea groups is 1. The van der Waals surface area contributed by atoms with Crippen LogP contribution in [0.4, 0.5) is 10.5 Å². The number of rotatable bonds is 3. The molecule has 1 aromatic carbocycles. The van der Waals surface area contributed by atoms with E-state index in [2.05, 4.69) is 5.32 Å². The number of nitrogens with zero attached hydrogens (tertiary/aromatic N) is 1. The summed E-state index contributed by atoms with van der Waals surface area (Å²) in [6, 6.07) is 6.73. The second-order valence-corrected chi connectivity index (χ2v) is 5.80. The van der Waals surface area contributed by atoms with Crippen LogP contribution in [0.2, 0.25) is 5.02 Å². The maximum atomic E-state index is 12.2. The summed E-state index contributed by atoms with van der Waals surface area (Å²) < 4.78 is 0. The highest BCUT2D eigenvalue weighted by atomic mass is 35.5. The molecule has 0 radical (unpaired) electrons. The molecule has 0 spiro atoms. The molecule has 0 aromatic heterocycles.